The van der Waals surface area contributed by atoms with Crippen LogP contribution in [0.25, 0.3) is 0 Å². The molecule has 8 heteroatoms. The molecule has 4 aliphatic carbocycles. The monoisotopic (exact) mass is 588 g/mol. The van der Waals surface area contributed by atoms with Crippen molar-refractivity contribution in [1.82, 2.24) is 0 Å². The normalized spacial score (nSPS) is 48.9. The van der Waals surface area contributed by atoms with Gasteiger partial charge in [0.05, 0.1) is 29.3 Å². The highest BCUT2D eigenvalue weighted by atomic mass is 16.7. The van der Waals surface area contributed by atoms with E-state index in [-0.39, 0.29) is 60.2 Å². The van der Waals surface area contributed by atoms with Crippen LogP contribution in [0.4, 0.5) is 0 Å². The maximum atomic E-state index is 13.4. The van der Waals surface area contributed by atoms with Crippen LogP contribution in [0, 0.1) is 39.9 Å². The van der Waals surface area contributed by atoms with Crippen molar-refractivity contribution in [3.63, 3.8) is 0 Å². The van der Waals surface area contributed by atoms with Crippen molar-refractivity contribution < 1.29 is 38.7 Å². The zero-order valence-electron chi connectivity index (χ0n) is 26.4. The van der Waals surface area contributed by atoms with E-state index >= 15 is 0 Å². The number of hydrogen-bond acceptors (Lipinski definition) is 8. The van der Waals surface area contributed by atoms with Crippen LogP contribution in [0.15, 0.2) is 11.6 Å². The standard InChI is InChI=1S/C34H52O8/c1-19-26(35)9-10-29(40-19)41-22-11-13-32(5)21(16-22)7-8-24-25(32)17-27(42-30(37)31(2,3)4)33(6)23(12-14-34(24,33)38)20-15-28(36)39-18-20/h15,19,21-27,29,35,38H,7-14,16-18H2,1-6H3/t19-,21+,22-,23+,24+,25-,26+,27+,29-,32-,33-,34-/m0/s1. The molecule has 0 unspecified atom stereocenters. The molecule has 236 valence electrons. The van der Waals surface area contributed by atoms with Crippen molar-refractivity contribution in [2.75, 3.05) is 6.61 Å². The molecule has 2 heterocycles. The lowest BCUT2D eigenvalue weighted by Crippen LogP contribution is -2.67. The Morgan fingerprint density at radius 1 is 1.02 bits per heavy atom. The molecule has 12 atom stereocenters. The van der Waals surface area contributed by atoms with E-state index in [1.165, 1.54) is 0 Å². The Morgan fingerprint density at radius 3 is 2.45 bits per heavy atom. The Morgan fingerprint density at radius 2 is 1.79 bits per heavy atom. The van der Waals surface area contributed by atoms with Crippen LogP contribution in [-0.4, -0.2) is 65.1 Å². The molecule has 0 bridgehead atoms. The van der Waals surface area contributed by atoms with Gasteiger partial charge in [-0.15, -0.1) is 0 Å². The number of hydrogen-bond donors (Lipinski definition) is 2. The van der Waals surface area contributed by atoms with Gasteiger partial charge < -0.3 is 29.2 Å². The van der Waals surface area contributed by atoms with E-state index in [0.717, 1.165) is 56.9 Å². The van der Waals surface area contributed by atoms with Gasteiger partial charge >= 0.3 is 11.9 Å². The largest absolute Gasteiger partial charge is 0.461 e. The zero-order chi connectivity index (χ0) is 30.2. The summed E-state index contributed by atoms with van der Waals surface area (Å²) in [6.07, 6.45) is 8.80. The van der Waals surface area contributed by atoms with Gasteiger partial charge in [0.1, 0.15) is 12.7 Å². The maximum Gasteiger partial charge on any atom is 0.331 e. The van der Waals surface area contributed by atoms with Gasteiger partial charge in [-0.3, -0.25) is 4.79 Å². The van der Waals surface area contributed by atoms with Crippen LogP contribution >= 0.6 is 0 Å². The first-order chi connectivity index (χ1) is 19.7. The van der Waals surface area contributed by atoms with Crippen molar-refractivity contribution in [3.8, 4) is 0 Å². The highest BCUT2D eigenvalue weighted by molar-refractivity contribution is 5.85. The summed E-state index contributed by atoms with van der Waals surface area (Å²) in [5.41, 5.74) is -1.42. The summed E-state index contributed by atoms with van der Waals surface area (Å²) < 4.78 is 24.2. The molecule has 42 heavy (non-hydrogen) atoms. The molecule has 8 nitrogen and oxygen atoms in total. The second-order valence-corrected chi connectivity index (χ2v) is 15.9. The van der Waals surface area contributed by atoms with Gasteiger partial charge in [0.2, 0.25) is 0 Å². The van der Waals surface area contributed by atoms with Crippen LogP contribution < -0.4 is 0 Å². The predicted octanol–water partition coefficient (Wildman–Crippen LogP) is 5.08. The van der Waals surface area contributed by atoms with Crippen LogP contribution in [0.3, 0.4) is 0 Å². The molecular formula is C34H52O8. The number of carbonyl (C=O) groups excluding carboxylic acids is 2. The SMILES string of the molecule is C[C@@H]1O[C@@H](O[C@H]2CC[C@@]3(C)[C@H](CC[C@@H]4[C@@H]3C[C@@H](OC(=O)C(C)(C)C)[C@]3(C)[C@@H](C5=CC(=O)OC5)CC[C@]43O)C2)CC[C@H]1O. The first kappa shape index (κ1) is 30.5. The van der Waals surface area contributed by atoms with Crippen molar-refractivity contribution in [2.45, 2.75) is 142 Å². The van der Waals surface area contributed by atoms with Crippen molar-refractivity contribution >= 4 is 11.9 Å². The molecule has 5 fully saturated rings. The highest BCUT2D eigenvalue weighted by Crippen LogP contribution is 2.70. The molecule has 0 spiro atoms. The van der Waals surface area contributed by atoms with Crippen molar-refractivity contribution in [2.24, 2.45) is 39.9 Å². The van der Waals surface area contributed by atoms with E-state index in [2.05, 4.69) is 13.8 Å². The number of rotatable bonds is 4. The Hall–Kier alpha value is -1.48. The number of fused-ring (bicyclic) bond motifs is 5. The van der Waals surface area contributed by atoms with E-state index < -0.39 is 28.6 Å². The van der Waals surface area contributed by atoms with E-state index in [4.69, 9.17) is 18.9 Å². The minimum atomic E-state index is -0.996. The summed E-state index contributed by atoms with van der Waals surface area (Å²) >= 11 is 0. The number of esters is 2. The smallest absolute Gasteiger partial charge is 0.331 e. The fourth-order valence-electron chi connectivity index (χ4n) is 10.2. The van der Waals surface area contributed by atoms with Gasteiger partial charge in [0, 0.05) is 17.9 Å². The fourth-order valence-corrected chi connectivity index (χ4v) is 10.2. The number of carbonyl (C=O) groups is 2. The Bertz CT molecular complexity index is 1110. The lowest BCUT2D eigenvalue weighted by atomic mass is 9.42. The molecule has 0 radical (unpaired) electrons. The average molecular weight is 589 g/mol. The van der Waals surface area contributed by atoms with Gasteiger partial charge in [-0.1, -0.05) is 13.8 Å². The first-order valence-electron chi connectivity index (χ1n) is 16.5. The molecule has 0 amide bonds. The third-order valence-corrected chi connectivity index (χ3v) is 12.8. The minimum Gasteiger partial charge on any atom is -0.461 e. The summed E-state index contributed by atoms with van der Waals surface area (Å²) in [5.74, 6) is 0.156. The maximum absolute atomic E-state index is 13.4. The van der Waals surface area contributed by atoms with Crippen LogP contribution in [-0.2, 0) is 28.5 Å². The summed E-state index contributed by atoms with van der Waals surface area (Å²) in [5, 5.41) is 22.9. The van der Waals surface area contributed by atoms with Crippen molar-refractivity contribution in [3.05, 3.63) is 11.6 Å². The number of aliphatic hydroxyl groups is 2. The molecule has 2 N–H and O–H groups in total. The van der Waals surface area contributed by atoms with Crippen LogP contribution in [0.1, 0.15) is 106 Å². The average Bonchev–Trinajstić information content (AvgIpc) is 3.47. The molecule has 6 aliphatic rings. The lowest BCUT2D eigenvalue weighted by molar-refractivity contribution is -0.265. The molecule has 4 saturated carbocycles. The minimum absolute atomic E-state index is 0.00687. The van der Waals surface area contributed by atoms with Gasteiger partial charge in [-0.25, -0.2) is 4.79 Å². The van der Waals surface area contributed by atoms with Crippen LogP contribution in [0.2, 0.25) is 0 Å². The van der Waals surface area contributed by atoms with Gasteiger partial charge in [-0.05, 0) is 120 Å². The van der Waals surface area contributed by atoms with E-state index in [1.54, 1.807) is 6.08 Å². The van der Waals surface area contributed by atoms with Gasteiger partial charge in [0.15, 0.2) is 6.29 Å². The molecule has 0 aromatic carbocycles. The molecule has 0 aromatic heterocycles. The second-order valence-electron chi connectivity index (χ2n) is 15.9. The Labute approximate surface area is 250 Å². The third-order valence-electron chi connectivity index (χ3n) is 12.8. The fraction of sp³-hybridized carbons (Fsp3) is 0.882. The molecule has 0 aromatic rings. The highest BCUT2D eigenvalue weighted by Gasteiger charge is 2.72. The third kappa shape index (κ3) is 4.78. The van der Waals surface area contributed by atoms with E-state index in [9.17, 15) is 19.8 Å². The number of ether oxygens (including phenoxy) is 4. The zero-order valence-corrected chi connectivity index (χ0v) is 26.4. The molecule has 1 saturated heterocycles. The molecule has 2 aliphatic heterocycles. The quantitative estimate of drug-likeness (QED) is 0.346. The predicted molar refractivity (Wildman–Crippen MR) is 155 cm³/mol. The summed E-state index contributed by atoms with van der Waals surface area (Å²) in [7, 11) is 0. The first-order valence-corrected chi connectivity index (χ1v) is 16.5. The van der Waals surface area contributed by atoms with Gasteiger partial charge in [-0.2, -0.15) is 0 Å². The number of cyclic esters (lactones) is 1. The second kappa shape index (κ2) is 10.6. The van der Waals surface area contributed by atoms with Gasteiger partial charge in [0.25, 0.3) is 0 Å². The van der Waals surface area contributed by atoms with Crippen LogP contribution in [0.5, 0.6) is 0 Å². The van der Waals surface area contributed by atoms with E-state index in [0.29, 0.717) is 18.8 Å². The Balaban J connectivity index is 1.27. The summed E-state index contributed by atoms with van der Waals surface area (Å²) in [4.78, 5) is 25.5. The Kier molecular flexibility index (Phi) is 7.68. The molecular weight excluding hydrogens is 536 g/mol. The molecule has 6 rings (SSSR count). The number of aliphatic hydroxyl groups excluding tert-OH is 1. The van der Waals surface area contributed by atoms with Crippen molar-refractivity contribution in [1.29, 1.82) is 0 Å². The van der Waals surface area contributed by atoms with E-state index in [1.807, 2.05) is 27.7 Å². The topological polar surface area (TPSA) is 112 Å². The summed E-state index contributed by atoms with van der Waals surface area (Å²) in [6, 6.07) is 0. The summed E-state index contributed by atoms with van der Waals surface area (Å²) in [6.45, 7) is 12.3. The lowest BCUT2D eigenvalue weighted by Gasteiger charge is -2.65.